The molecule has 3 aromatic rings. The number of rotatable bonds is 6. The number of nitrogens with one attached hydrogen (secondary N) is 1. The second-order valence-corrected chi connectivity index (χ2v) is 6.65. The second-order valence-electron chi connectivity index (χ2n) is 6.65. The molecule has 0 bridgehead atoms. The number of anilines is 1. The number of hydrogen-bond acceptors (Lipinski definition) is 8. The van der Waals surface area contributed by atoms with Crippen LogP contribution in [0.3, 0.4) is 0 Å². The Kier molecular flexibility index (Phi) is 5.36. The van der Waals surface area contributed by atoms with E-state index < -0.39 is 0 Å². The summed E-state index contributed by atoms with van der Waals surface area (Å²) in [5, 5.41) is 3.01. The van der Waals surface area contributed by atoms with Crippen LogP contribution < -0.4 is 19.5 Å². The van der Waals surface area contributed by atoms with Gasteiger partial charge in [0.05, 0.1) is 32.6 Å². The second kappa shape index (κ2) is 8.27. The zero-order valence-electron chi connectivity index (χ0n) is 17.1. The maximum atomic E-state index is 12.7. The number of hydrogen-bond donors (Lipinski definition) is 1. The predicted octanol–water partition coefficient (Wildman–Crippen LogP) is 3.54. The molecule has 1 aliphatic rings. The molecular weight excluding hydrogens is 398 g/mol. The maximum Gasteiger partial charge on any atom is 0.213 e. The minimum Gasteiger partial charge on any atom is -0.493 e. The van der Waals surface area contributed by atoms with Gasteiger partial charge in [-0.05, 0) is 35.4 Å². The standard InChI is InChI=1S/C23H19N3O5/c1-29-19-8-14(9-20(30-2)23(19)31-3)13-4-6-15(7-5-13)26-17-10-18(27)21-16(22(17)28)11-24-12-25-21/h4-12,26H,1-3H3. The molecule has 0 radical (unpaired) electrons. The van der Waals surface area contributed by atoms with Crippen LogP contribution in [-0.2, 0) is 0 Å². The lowest BCUT2D eigenvalue weighted by Gasteiger charge is -2.16. The summed E-state index contributed by atoms with van der Waals surface area (Å²) in [6, 6.07) is 11.1. The summed E-state index contributed by atoms with van der Waals surface area (Å²) in [5.41, 5.74) is 2.91. The van der Waals surface area contributed by atoms with Crippen LogP contribution in [-0.4, -0.2) is 42.9 Å². The van der Waals surface area contributed by atoms with Crippen LogP contribution >= 0.6 is 0 Å². The zero-order chi connectivity index (χ0) is 22.0. The van der Waals surface area contributed by atoms with Gasteiger partial charge in [-0.25, -0.2) is 9.97 Å². The number of carbonyl (C=O) groups excluding carboxylic acids is 2. The molecule has 31 heavy (non-hydrogen) atoms. The van der Waals surface area contributed by atoms with E-state index in [1.54, 1.807) is 21.3 Å². The molecule has 0 unspecified atom stereocenters. The molecule has 0 atom stereocenters. The summed E-state index contributed by atoms with van der Waals surface area (Å²) < 4.78 is 16.2. The third-order valence-corrected chi connectivity index (χ3v) is 4.87. The van der Waals surface area contributed by atoms with E-state index in [0.717, 1.165) is 11.1 Å². The van der Waals surface area contributed by atoms with E-state index in [0.29, 0.717) is 22.9 Å². The largest absolute Gasteiger partial charge is 0.493 e. The van der Waals surface area contributed by atoms with Gasteiger partial charge in [-0.15, -0.1) is 0 Å². The molecule has 0 fully saturated rings. The van der Waals surface area contributed by atoms with Gasteiger partial charge in [0.1, 0.15) is 12.0 Å². The summed E-state index contributed by atoms with van der Waals surface area (Å²) in [6.07, 6.45) is 3.85. The number of fused-ring (bicyclic) bond motifs is 1. The van der Waals surface area contributed by atoms with Crippen LogP contribution in [0.2, 0.25) is 0 Å². The molecule has 1 aliphatic carbocycles. The van der Waals surface area contributed by atoms with E-state index >= 15 is 0 Å². The Labute approximate surface area is 178 Å². The molecule has 2 aromatic carbocycles. The molecule has 1 N–H and O–H groups in total. The first kappa shape index (κ1) is 20.1. The highest BCUT2D eigenvalue weighted by Gasteiger charge is 2.27. The number of allylic oxidation sites excluding steroid dienone is 2. The number of aromatic nitrogens is 2. The van der Waals surface area contributed by atoms with Gasteiger partial charge >= 0.3 is 0 Å². The van der Waals surface area contributed by atoms with Crippen LogP contribution in [0.15, 0.2) is 60.7 Å². The smallest absolute Gasteiger partial charge is 0.213 e. The van der Waals surface area contributed by atoms with Crippen molar-refractivity contribution in [3.63, 3.8) is 0 Å². The van der Waals surface area contributed by atoms with Crippen molar-refractivity contribution < 1.29 is 23.8 Å². The number of methoxy groups -OCH3 is 3. The van der Waals surface area contributed by atoms with Gasteiger partial charge in [0.15, 0.2) is 11.5 Å². The zero-order valence-corrected chi connectivity index (χ0v) is 17.1. The van der Waals surface area contributed by atoms with Crippen LogP contribution in [0.25, 0.3) is 11.1 Å². The van der Waals surface area contributed by atoms with Crippen molar-refractivity contribution in [1.29, 1.82) is 0 Å². The molecule has 8 heteroatoms. The fourth-order valence-electron chi connectivity index (χ4n) is 3.34. The Morgan fingerprint density at radius 2 is 1.55 bits per heavy atom. The van der Waals surface area contributed by atoms with Gasteiger partial charge < -0.3 is 19.5 Å². The Hall–Kier alpha value is -4.20. The van der Waals surface area contributed by atoms with Crippen LogP contribution in [0.1, 0.15) is 20.8 Å². The van der Waals surface area contributed by atoms with Gasteiger partial charge in [0.25, 0.3) is 0 Å². The quantitative estimate of drug-likeness (QED) is 0.650. The number of benzene rings is 2. The summed E-state index contributed by atoms with van der Waals surface area (Å²) in [7, 11) is 4.68. The summed E-state index contributed by atoms with van der Waals surface area (Å²) in [6.45, 7) is 0. The first-order valence-electron chi connectivity index (χ1n) is 9.34. The van der Waals surface area contributed by atoms with Crippen LogP contribution in [0.5, 0.6) is 17.2 Å². The van der Waals surface area contributed by atoms with Gasteiger partial charge in [-0.3, -0.25) is 9.59 Å². The van der Waals surface area contributed by atoms with E-state index in [1.165, 1.54) is 18.6 Å². The molecule has 1 heterocycles. The minimum atomic E-state index is -0.339. The van der Waals surface area contributed by atoms with Gasteiger partial charge in [0.2, 0.25) is 17.3 Å². The number of carbonyl (C=O) groups is 2. The summed E-state index contributed by atoms with van der Waals surface area (Å²) >= 11 is 0. The Morgan fingerprint density at radius 3 is 2.16 bits per heavy atom. The van der Waals surface area contributed by atoms with Crippen molar-refractivity contribution >= 4 is 17.3 Å². The van der Waals surface area contributed by atoms with Crippen molar-refractivity contribution in [2.45, 2.75) is 0 Å². The van der Waals surface area contributed by atoms with Crippen molar-refractivity contribution in [3.8, 4) is 28.4 Å². The molecule has 8 nitrogen and oxygen atoms in total. The highest BCUT2D eigenvalue weighted by Crippen LogP contribution is 2.41. The molecule has 156 valence electrons. The van der Waals surface area contributed by atoms with Gasteiger partial charge in [0, 0.05) is 18.0 Å². The molecule has 4 rings (SSSR count). The first-order valence-corrected chi connectivity index (χ1v) is 9.34. The predicted molar refractivity (Wildman–Crippen MR) is 114 cm³/mol. The van der Waals surface area contributed by atoms with E-state index in [1.807, 2.05) is 36.4 Å². The van der Waals surface area contributed by atoms with Gasteiger partial charge in [-0.2, -0.15) is 0 Å². The lowest BCUT2D eigenvalue weighted by atomic mass is 9.98. The normalized spacial score (nSPS) is 12.7. The first-order chi connectivity index (χ1) is 15.0. The molecule has 1 aromatic heterocycles. The van der Waals surface area contributed by atoms with Crippen LogP contribution in [0.4, 0.5) is 5.69 Å². The van der Waals surface area contributed by atoms with Gasteiger partial charge in [-0.1, -0.05) is 12.1 Å². The third kappa shape index (κ3) is 3.71. The van der Waals surface area contributed by atoms with E-state index in [4.69, 9.17) is 14.2 Å². The van der Waals surface area contributed by atoms with Crippen molar-refractivity contribution in [2.75, 3.05) is 26.6 Å². The summed E-state index contributed by atoms with van der Waals surface area (Å²) in [5.74, 6) is 0.953. The average molecular weight is 417 g/mol. The number of ketones is 2. The van der Waals surface area contributed by atoms with E-state index in [2.05, 4.69) is 15.3 Å². The molecule has 0 amide bonds. The van der Waals surface area contributed by atoms with E-state index in [-0.39, 0.29) is 28.5 Å². The third-order valence-electron chi connectivity index (χ3n) is 4.87. The monoisotopic (exact) mass is 417 g/mol. The molecular formula is C23H19N3O5. The van der Waals surface area contributed by atoms with Crippen molar-refractivity contribution in [1.82, 2.24) is 9.97 Å². The fraction of sp³-hybridized carbons (Fsp3) is 0.130. The molecule has 0 saturated carbocycles. The van der Waals surface area contributed by atoms with E-state index in [9.17, 15) is 9.59 Å². The van der Waals surface area contributed by atoms with Crippen molar-refractivity contribution in [3.05, 3.63) is 72.0 Å². The number of nitrogens with zero attached hydrogens (tertiary/aromatic N) is 2. The lowest BCUT2D eigenvalue weighted by molar-refractivity contribution is 0.0981. The average Bonchev–Trinajstić information content (AvgIpc) is 2.81. The highest BCUT2D eigenvalue weighted by atomic mass is 16.5. The fourth-order valence-corrected chi connectivity index (χ4v) is 3.34. The van der Waals surface area contributed by atoms with Crippen molar-refractivity contribution in [2.24, 2.45) is 0 Å². The number of Topliss-reactive ketones (excluding diaryl/α,β-unsaturated/α-hetero) is 1. The minimum absolute atomic E-state index is 0.114. The van der Waals surface area contributed by atoms with Crippen LogP contribution in [0, 0.1) is 0 Å². The Bertz CT molecular complexity index is 1180. The molecule has 0 saturated heterocycles. The highest BCUT2D eigenvalue weighted by molar-refractivity contribution is 6.24. The molecule has 0 aliphatic heterocycles. The summed E-state index contributed by atoms with van der Waals surface area (Å²) in [4.78, 5) is 32.6. The lowest BCUT2D eigenvalue weighted by Crippen LogP contribution is -2.22. The maximum absolute atomic E-state index is 12.7. The Morgan fingerprint density at radius 1 is 0.871 bits per heavy atom. The number of ether oxygens (including phenoxy) is 3. The SMILES string of the molecule is COc1cc(-c2ccc(NC3=CC(=O)c4ncncc4C3=O)cc2)cc(OC)c1OC. The Balaban J connectivity index is 1.60. The molecule has 0 spiro atoms. The topological polar surface area (TPSA) is 99.6 Å².